The van der Waals surface area contributed by atoms with Gasteiger partial charge in [0.25, 0.3) is 5.91 Å². The minimum Gasteiger partial charge on any atom is -0.389 e. The fourth-order valence-corrected chi connectivity index (χ4v) is 5.19. The second-order valence-corrected chi connectivity index (χ2v) is 8.00. The summed E-state index contributed by atoms with van der Waals surface area (Å²) in [4.78, 5) is 19.0. The molecule has 0 saturated heterocycles. The first-order valence-electron chi connectivity index (χ1n) is 8.73. The highest BCUT2D eigenvalue weighted by molar-refractivity contribution is 7.14. The summed E-state index contributed by atoms with van der Waals surface area (Å²) in [5.41, 5.74) is 1.33. The molecule has 0 radical (unpaired) electrons. The van der Waals surface area contributed by atoms with Crippen LogP contribution < -0.4 is 5.32 Å². The molecule has 6 heteroatoms. The van der Waals surface area contributed by atoms with Crippen LogP contribution in [0.4, 0.5) is 0 Å². The molecule has 1 saturated carbocycles. The van der Waals surface area contributed by atoms with E-state index in [-0.39, 0.29) is 18.0 Å². The van der Waals surface area contributed by atoms with E-state index in [4.69, 9.17) is 0 Å². The summed E-state index contributed by atoms with van der Waals surface area (Å²) >= 11 is 1.61. The van der Waals surface area contributed by atoms with Crippen LogP contribution in [-0.2, 0) is 12.8 Å². The van der Waals surface area contributed by atoms with E-state index in [1.165, 1.54) is 16.9 Å². The molecule has 0 spiro atoms. The fourth-order valence-electron chi connectivity index (χ4n) is 4.04. The second-order valence-electron chi connectivity index (χ2n) is 6.86. The molecule has 4 rings (SSSR count). The molecule has 2 heterocycles. The number of aryl methyl sites for hydroxylation is 3. The lowest BCUT2D eigenvalue weighted by Gasteiger charge is -2.36. The Labute approximate surface area is 145 Å². The van der Waals surface area contributed by atoms with Crippen LogP contribution in [0.5, 0.6) is 0 Å². The molecule has 2 N–H and O–H groups in total. The zero-order chi connectivity index (χ0) is 16.7. The lowest BCUT2D eigenvalue weighted by molar-refractivity contribution is 0.0393. The lowest BCUT2D eigenvalue weighted by Crippen LogP contribution is -2.49. The Morgan fingerprint density at radius 1 is 1.38 bits per heavy atom. The van der Waals surface area contributed by atoms with Crippen molar-refractivity contribution in [3.8, 4) is 0 Å². The fraction of sp³-hybridized carbons (Fsp3) is 0.556. The molecule has 5 nitrogen and oxygen atoms in total. The molecule has 2 aliphatic carbocycles. The van der Waals surface area contributed by atoms with Gasteiger partial charge in [0.15, 0.2) is 0 Å². The number of hydrogen-bond acceptors (Lipinski definition) is 4. The van der Waals surface area contributed by atoms with Crippen molar-refractivity contribution in [3.05, 3.63) is 39.6 Å². The first-order valence-corrected chi connectivity index (χ1v) is 9.55. The van der Waals surface area contributed by atoms with Crippen molar-refractivity contribution in [3.63, 3.8) is 0 Å². The maximum Gasteiger partial charge on any atom is 0.261 e. The van der Waals surface area contributed by atoms with E-state index in [1.54, 1.807) is 17.5 Å². The molecule has 24 heavy (non-hydrogen) atoms. The smallest absolute Gasteiger partial charge is 0.261 e. The van der Waals surface area contributed by atoms with Crippen LogP contribution in [-0.4, -0.2) is 32.7 Å². The molecule has 2 aromatic rings. The summed E-state index contributed by atoms with van der Waals surface area (Å²) in [6.07, 6.45) is 9.22. The molecule has 0 aliphatic heterocycles. The number of aliphatic hydroxyl groups is 1. The van der Waals surface area contributed by atoms with Gasteiger partial charge in [-0.05, 0) is 57.1 Å². The summed E-state index contributed by atoms with van der Waals surface area (Å²) in [5.74, 6) is 0.863. The molecule has 0 unspecified atom stereocenters. The van der Waals surface area contributed by atoms with Crippen LogP contribution >= 0.6 is 11.3 Å². The lowest BCUT2D eigenvalue weighted by atomic mass is 9.87. The van der Waals surface area contributed by atoms with Crippen molar-refractivity contribution < 1.29 is 9.90 Å². The molecule has 0 bridgehead atoms. The molecule has 3 atom stereocenters. The molecular weight excluding hydrogens is 322 g/mol. The van der Waals surface area contributed by atoms with E-state index in [9.17, 15) is 9.90 Å². The van der Waals surface area contributed by atoms with E-state index >= 15 is 0 Å². The standard InChI is InChI=1S/C18H23N3O2S/c1-11-19-8-9-21(11)14-6-3-5-13(17(14)22)20-18(23)16-10-12-4-2-7-15(12)24-16/h8-10,13-14,17,22H,2-7H2,1H3,(H,20,23)/t13-,14-,17-/m1/s1. The molecule has 2 aromatic heterocycles. The van der Waals surface area contributed by atoms with E-state index in [1.807, 2.05) is 23.8 Å². The number of fused-ring (bicyclic) bond motifs is 1. The van der Waals surface area contributed by atoms with Gasteiger partial charge < -0.3 is 15.0 Å². The van der Waals surface area contributed by atoms with Gasteiger partial charge in [-0.25, -0.2) is 4.98 Å². The highest BCUT2D eigenvalue weighted by Gasteiger charge is 2.34. The Morgan fingerprint density at radius 3 is 3.00 bits per heavy atom. The van der Waals surface area contributed by atoms with Gasteiger partial charge >= 0.3 is 0 Å². The number of imidazole rings is 1. The van der Waals surface area contributed by atoms with Crippen LogP contribution in [0.25, 0.3) is 0 Å². The number of nitrogens with one attached hydrogen (secondary N) is 1. The van der Waals surface area contributed by atoms with Gasteiger partial charge in [0.05, 0.1) is 23.1 Å². The largest absolute Gasteiger partial charge is 0.389 e. The number of carbonyl (C=O) groups is 1. The average Bonchev–Trinajstić information content (AvgIpc) is 3.25. The van der Waals surface area contributed by atoms with Crippen molar-refractivity contribution in [2.45, 2.75) is 63.6 Å². The van der Waals surface area contributed by atoms with Gasteiger partial charge in [-0.3, -0.25) is 4.79 Å². The molecule has 2 aliphatic rings. The molecular formula is C18H23N3O2S. The van der Waals surface area contributed by atoms with Gasteiger partial charge in [0.2, 0.25) is 0 Å². The van der Waals surface area contributed by atoms with Crippen LogP contribution in [0.15, 0.2) is 18.5 Å². The monoisotopic (exact) mass is 345 g/mol. The number of hydrogen-bond donors (Lipinski definition) is 2. The van der Waals surface area contributed by atoms with Crippen molar-refractivity contribution in [1.82, 2.24) is 14.9 Å². The summed E-state index contributed by atoms with van der Waals surface area (Å²) < 4.78 is 2.03. The Balaban J connectivity index is 1.47. The highest BCUT2D eigenvalue weighted by Crippen LogP contribution is 2.32. The highest BCUT2D eigenvalue weighted by atomic mass is 32.1. The Bertz CT molecular complexity index is 730. The zero-order valence-corrected chi connectivity index (χ0v) is 14.7. The number of rotatable bonds is 3. The van der Waals surface area contributed by atoms with Crippen LogP contribution in [0, 0.1) is 6.92 Å². The third-order valence-corrected chi connectivity index (χ3v) is 6.56. The first kappa shape index (κ1) is 15.8. The molecule has 1 amide bonds. The number of aromatic nitrogens is 2. The second kappa shape index (κ2) is 6.33. The topological polar surface area (TPSA) is 67.2 Å². The maximum atomic E-state index is 12.6. The predicted octanol–water partition coefficient (Wildman–Crippen LogP) is 2.63. The van der Waals surface area contributed by atoms with E-state index in [0.29, 0.717) is 0 Å². The van der Waals surface area contributed by atoms with Gasteiger partial charge in [-0.15, -0.1) is 11.3 Å². The van der Waals surface area contributed by atoms with E-state index < -0.39 is 6.10 Å². The SMILES string of the molecule is Cc1nccn1[C@@H]1CCC[C@@H](NC(=O)c2cc3c(s2)CCC3)[C@H]1O. The molecule has 0 aromatic carbocycles. The summed E-state index contributed by atoms with van der Waals surface area (Å²) in [6.45, 7) is 1.95. The Morgan fingerprint density at radius 2 is 2.25 bits per heavy atom. The summed E-state index contributed by atoms with van der Waals surface area (Å²) in [7, 11) is 0. The van der Waals surface area contributed by atoms with Gasteiger partial charge in [0.1, 0.15) is 5.82 Å². The average molecular weight is 345 g/mol. The summed E-state index contributed by atoms with van der Waals surface area (Å²) in [6, 6.07) is 1.82. The van der Waals surface area contributed by atoms with Crippen molar-refractivity contribution in [2.75, 3.05) is 0 Å². The first-order chi connectivity index (χ1) is 11.6. The Hall–Kier alpha value is -1.66. The Kier molecular flexibility index (Phi) is 4.18. The number of nitrogens with zero attached hydrogens (tertiary/aromatic N) is 2. The number of thiophene rings is 1. The number of carbonyl (C=O) groups excluding carboxylic acids is 1. The van der Waals surface area contributed by atoms with E-state index in [2.05, 4.69) is 10.3 Å². The van der Waals surface area contributed by atoms with Gasteiger partial charge in [-0.1, -0.05) is 0 Å². The van der Waals surface area contributed by atoms with Gasteiger partial charge in [0, 0.05) is 17.3 Å². The summed E-state index contributed by atoms with van der Waals surface area (Å²) in [5, 5.41) is 13.9. The van der Waals surface area contributed by atoms with Crippen molar-refractivity contribution in [1.29, 1.82) is 0 Å². The van der Waals surface area contributed by atoms with E-state index in [0.717, 1.165) is 42.8 Å². The van der Waals surface area contributed by atoms with Crippen LogP contribution in [0.1, 0.15) is 57.7 Å². The third-order valence-electron chi connectivity index (χ3n) is 5.33. The molecule has 1 fully saturated rings. The minimum absolute atomic E-state index is 0.0140. The minimum atomic E-state index is -0.581. The normalized spacial score (nSPS) is 26.3. The number of aliphatic hydroxyl groups excluding tert-OH is 1. The predicted molar refractivity (Wildman–Crippen MR) is 93.5 cm³/mol. The zero-order valence-electron chi connectivity index (χ0n) is 13.9. The van der Waals surface area contributed by atoms with Crippen molar-refractivity contribution in [2.24, 2.45) is 0 Å². The van der Waals surface area contributed by atoms with Crippen molar-refractivity contribution >= 4 is 17.2 Å². The third kappa shape index (κ3) is 2.78. The van der Waals surface area contributed by atoms with Crippen LogP contribution in [0.2, 0.25) is 0 Å². The maximum absolute atomic E-state index is 12.6. The number of amides is 1. The van der Waals surface area contributed by atoms with Gasteiger partial charge in [-0.2, -0.15) is 0 Å². The van der Waals surface area contributed by atoms with Crippen LogP contribution in [0.3, 0.4) is 0 Å². The molecule has 128 valence electrons. The quantitative estimate of drug-likeness (QED) is 0.899.